The zero-order valence-corrected chi connectivity index (χ0v) is 22.0. The summed E-state index contributed by atoms with van der Waals surface area (Å²) in [5.41, 5.74) is 11.7. The molecule has 0 amide bonds. The maximum atomic E-state index is 11.7. The average molecular weight is 534 g/mol. The van der Waals surface area contributed by atoms with Crippen molar-refractivity contribution in [1.29, 1.82) is 0 Å². The van der Waals surface area contributed by atoms with E-state index in [2.05, 4.69) is 16.0 Å². The van der Waals surface area contributed by atoms with Crippen molar-refractivity contribution < 1.29 is 39.7 Å². The van der Waals surface area contributed by atoms with Crippen LogP contribution in [0.3, 0.4) is 0 Å². The number of ether oxygens (including phenoxy) is 3. The van der Waals surface area contributed by atoms with E-state index in [4.69, 9.17) is 25.7 Å². The standard InChI is InChI=1S/C24H47N5O8/c1-4-28-8-13-5-6-14(25)20(36-13)17-15(26)7-16(29-12(9-30)10-31)21(18(17)32)37-23-19(33)22(27-3)24(2,34)11-35-23/h5,12,14-23,27-34H,4,6-11,25-26H2,1-3H3/t14-,15+,16-,17?,18+,19-,20+,21+,22-,23-,24+/m1/s1. The Kier molecular flexibility index (Phi) is 11.1. The van der Waals surface area contributed by atoms with Gasteiger partial charge in [0.2, 0.25) is 0 Å². The molecule has 2 aliphatic heterocycles. The molecule has 13 heteroatoms. The second-order valence-electron chi connectivity index (χ2n) is 10.6. The highest BCUT2D eigenvalue weighted by molar-refractivity contribution is 5.10. The summed E-state index contributed by atoms with van der Waals surface area (Å²) < 4.78 is 18.1. The van der Waals surface area contributed by atoms with Crippen molar-refractivity contribution in [1.82, 2.24) is 16.0 Å². The molecule has 1 saturated carbocycles. The number of hydrogen-bond donors (Lipinski definition) is 10. The van der Waals surface area contributed by atoms with Crippen molar-refractivity contribution in [2.24, 2.45) is 17.4 Å². The lowest BCUT2D eigenvalue weighted by Gasteiger charge is -2.51. The van der Waals surface area contributed by atoms with Crippen molar-refractivity contribution in [3.8, 4) is 0 Å². The van der Waals surface area contributed by atoms with Gasteiger partial charge in [-0.1, -0.05) is 6.92 Å². The Labute approximate surface area is 218 Å². The van der Waals surface area contributed by atoms with Crippen LogP contribution in [-0.2, 0) is 14.2 Å². The highest BCUT2D eigenvalue weighted by Crippen LogP contribution is 2.36. The molecule has 3 aliphatic rings. The van der Waals surface area contributed by atoms with E-state index in [1.54, 1.807) is 14.0 Å². The zero-order valence-electron chi connectivity index (χ0n) is 22.0. The molecule has 2 heterocycles. The summed E-state index contributed by atoms with van der Waals surface area (Å²) in [6.07, 6.45) is -2.30. The molecule has 216 valence electrons. The minimum atomic E-state index is -1.33. The number of rotatable bonds is 11. The molecule has 0 aromatic carbocycles. The normalized spacial score (nSPS) is 42.9. The summed E-state index contributed by atoms with van der Waals surface area (Å²) in [5, 5.41) is 61.7. The second-order valence-corrected chi connectivity index (χ2v) is 10.6. The second kappa shape index (κ2) is 13.4. The van der Waals surface area contributed by atoms with Crippen LogP contribution in [0.1, 0.15) is 26.7 Å². The first kappa shape index (κ1) is 30.6. The predicted octanol–water partition coefficient (Wildman–Crippen LogP) is -3.94. The third-order valence-corrected chi connectivity index (χ3v) is 7.73. The van der Waals surface area contributed by atoms with Gasteiger partial charge in [-0.3, -0.25) is 0 Å². The van der Waals surface area contributed by atoms with E-state index in [-0.39, 0.29) is 19.8 Å². The van der Waals surface area contributed by atoms with Gasteiger partial charge in [-0.2, -0.15) is 0 Å². The summed E-state index contributed by atoms with van der Waals surface area (Å²) in [4.78, 5) is 0. The van der Waals surface area contributed by atoms with Crippen LogP contribution in [-0.4, -0.2) is 132 Å². The van der Waals surface area contributed by atoms with Crippen LogP contribution in [0.2, 0.25) is 0 Å². The van der Waals surface area contributed by atoms with E-state index in [9.17, 15) is 25.5 Å². The van der Waals surface area contributed by atoms with Crippen molar-refractivity contribution in [3.63, 3.8) is 0 Å². The fourth-order valence-corrected chi connectivity index (χ4v) is 5.70. The van der Waals surface area contributed by atoms with Gasteiger partial charge in [-0.05, 0) is 39.4 Å². The van der Waals surface area contributed by atoms with Crippen LogP contribution in [0.5, 0.6) is 0 Å². The number of aliphatic hydroxyl groups is 5. The van der Waals surface area contributed by atoms with Gasteiger partial charge >= 0.3 is 0 Å². The SMILES string of the molecule is CCNCC1=CC[C@@H](N)[C@@H](C2[C@@H](N)C[C@@H](NC(CO)CO)[C@H](O[C@H]3OC[C@](C)(O)[C@H](NC)[C@H]3O)[C@H]2O)O1. The molecule has 1 aliphatic carbocycles. The van der Waals surface area contributed by atoms with Gasteiger partial charge < -0.3 is 67.2 Å². The van der Waals surface area contributed by atoms with Gasteiger partial charge in [-0.15, -0.1) is 0 Å². The van der Waals surface area contributed by atoms with E-state index in [0.29, 0.717) is 19.4 Å². The maximum Gasteiger partial charge on any atom is 0.185 e. The summed E-state index contributed by atoms with van der Waals surface area (Å²) >= 11 is 0. The first-order valence-electron chi connectivity index (χ1n) is 13.2. The van der Waals surface area contributed by atoms with Gasteiger partial charge in [0.25, 0.3) is 0 Å². The molecule has 37 heavy (non-hydrogen) atoms. The number of aliphatic hydroxyl groups excluding tert-OH is 4. The Morgan fingerprint density at radius 3 is 2.51 bits per heavy atom. The van der Waals surface area contributed by atoms with Crippen molar-refractivity contribution in [2.45, 2.75) is 93.2 Å². The third-order valence-electron chi connectivity index (χ3n) is 7.73. The van der Waals surface area contributed by atoms with Crippen LogP contribution < -0.4 is 27.4 Å². The average Bonchev–Trinajstić information content (AvgIpc) is 2.86. The van der Waals surface area contributed by atoms with Crippen molar-refractivity contribution >= 4 is 0 Å². The molecule has 13 nitrogen and oxygen atoms in total. The van der Waals surface area contributed by atoms with Crippen molar-refractivity contribution in [2.75, 3.05) is 40.0 Å². The van der Waals surface area contributed by atoms with Gasteiger partial charge in [0.1, 0.15) is 29.7 Å². The fraction of sp³-hybridized carbons (Fsp3) is 0.917. The smallest absolute Gasteiger partial charge is 0.185 e. The first-order valence-corrected chi connectivity index (χ1v) is 13.2. The van der Waals surface area contributed by atoms with E-state index < -0.39 is 72.4 Å². The first-order chi connectivity index (χ1) is 17.6. The van der Waals surface area contributed by atoms with Crippen LogP contribution in [0.25, 0.3) is 0 Å². The number of nitrogens with two attached hydrogens (primary N) is 2. The number of likely N-dealkylation sites (N-methyl/N-ethyl adjacent to an activating group) is 2. The molecular weight excluding hydrogens is 486 g/mol. The monoisotopic (exact) mass is 533 g/mol. The Hall–Kier alpha value is -0.940. The molecule has 12 N–H and O–H groups in total. The summed E-state index contributed by atoms with van der Waals surface area (Å²) in [5.74, 6) is 0.130. The van der Waals surface area contributed by atoms with E-state index in [1.165, 1.54) is 0 Å². The number of nitrogens with one attached hydrogen (secondary N) is 3. The van der Waals surface area contributed by atoms with Gasteiger partial charge in [0, 0.05) is 24.0 Å². The lowest BCUT2D eigenvalue weighted by atomic mass is 9.72. The highest BCUT2D eigenvalue weighted by Gasteiger charge is 2.53. The molecule has 1 saturated heterocycles. The third kappa shape index (κ3) is 6.99. The van der Waals surface area contributed by atoms with Crippen LogP contribution in [0.4, 0.5) is 0 Å². The number of hydrogen-bond acceptors (Lipinski definition) is 13. The molecular formula is C24H47N5O8. The minimum Gasteiger partial charge on any atom is -0.492 e. The molecule has 0 aromatic rings. The Morgan fingerprint density at radius 1 is 1.19 bits per heavy atom. The molecule has 2 fully saturated rings. The Balaban J connectivity index is 1.85. The molecule has 11 atom stereocenters. The van der Waals surface area contributed by atoms with Gasteiger partial charge in [0.05, 0.1) is 44.6 Å². The lowest BCUT2D eigenvalue weighted by Crippen LogP contribution is -2.69. The molecule has 0 aromatic heterocycles. The minimum absolute atomic E-state index is 0.102. The van der Waals surface area contributed by atoms with Crippen LogP contribution >= 0.6 is 0 Å². The van der Waals surface area contributed by atoms with E-state index >= 15 is 0 Å². The molecule has 3 rings (SSSR count). The highest BCUT2D eigenvalue weighted by atomic mass is 16.7. The van der Waals surface area contributed by atoms with Gasteiger partial charge in [0.15, 0.2) is 6.29 Å². The largest absolute Gasteiger partial charge is 0.492 e. The lowest BCUT2D eigenvalue weighted by molar-refractivity contribution is -0.298. The summed E-state index contributed by atoms with van der Waals surface area (Å²) in [6.45, 7) is 4.07. The Morgan fingerprint density at radius 2 is 1.89 bits per heavy atom. The fourth-order valence-electron chi connectivity index (χ4n) is 5.70. The zero-order chi connectivity index (χ0) is 27.3. The Bertz CT molecular complexity index is 742. The molecule has 0 bridgehead atoms. The molecule has 0 spiro atoms. The molecule has 1 unspecified atom stereocenters. The summed E-state index contributed by atoms with van der Waals surface area (Å²) in [6, 6.07) is -2.94. The van der Waals surface area contributed by atoms with E-state index in [1.807, 2.05) is 13.0 Å². The molecule has 0 radical (unpaired) electrons. The summed E-state index contributed by atoms with van der Waals surface area (Å²) in [7, 11) is 1.62. The maximum absolute atomic E-state index is 11.7. The van der Waals surface area contributed by atoms with Crippen LogP contribution in [0.15, 0.2) is 11.8 Å². The van der Waals surface area contributed by atoms with Crippen LogP contribution in [0, 0.1) is 5.92 Å². The van der Waals surface area contributed by atoms with Gasteiger partial charge in [-0.25, -0.2) is 0 Å². The topological polar surface area (TPSA) is 217 Å². The quantitative estimate of drug-likeness (QED) is 0.123. The predicted molar refractivity (Wildman–Crippen MR) is 135 cm³/mol. The van der Waals surface area contributed by atoms with E-state index in [0.717, 1.165) is 12.3 Å². The van der Waals surface area contributed by atoms with Crippen molar-refractivity contribution in [3.05, 3.63) is 11.8 Å².